The van der Waals surface area contributed by atoms with Gasteiger partial charge in [0.25, 0.3) is 0 Å². The molecule has 10 heteroatoms. The molecule has 2 aromatic carbocycles. The van der Waals surface area contributed by atoms with Crippen LogP contribution in [-0.2, 0) is 17.5 Å². The molecular weight excluding hydrogens is 451 g/mol. The van der Waals surface area contributed by atoms with Gasteiger partial charge in [0, 0.05) is 36.6 Å². The third kappa shape index (κ3) is 6.07. The number of hydrogen-bond acceptors (Lipinski definition) is 5. The minimum Gasteiger partial charge on any atom is -0.372 e. The lowest BCUT2D eigenvalue weighted by Gasteiger charge is -2.21. The molecule has 1 N–H and O–H groups in total. The maximum Gasteiger partial charge on any atom is 0.416 e. The first-order chi connectivity index (χ1) is 15.8. The first kappa shape index (κ1) is 24.6. The lowest BCUT2D eigenvalue weighted by molar-refractivity contribution is -0.137. The van der Waals surface area contributed by atoms with Gasteiger partial charge in [-0.15, -0.1) is 10.2 Å². The van der Waals surface area contributed by atoms with Crippen molar-refractivity contribution in [3.8, 4) is 11.4 Å². The van der Waals surface area contributed by atoms with E-state index < -0.39 is 17.6 Å². The number of benzene rings is 2. The van der Waals surface area contributed by atoms with E-state index in [-0.39, 0.29) is 11.4 Å². The first-order valence-electron chi connectivity index (χ1n) is 10.6. The fourth-order valence-corrected chi connectivity index (χ4v) is 4.21. The predicted octanol–water partition coefficient (Wildman–Crippen LogP) is 5.56. The number of nitrogens with zero attached hydrogens (tertiary/aromatic N) is 4. The monoisotopic (exact) mass is 477 g/mol. The molecule has 1 heterocycles. The van der Waals surface area contributed by atoms with Crippen molar-refractivity contribution in [1.29, 1.82) is 0 Å². The number of anilines is 2. The Kier molecular flexibility index (Phi) is 8.01. The van der Waals surface area contributed by atoms with Gasteiger partial charge in [-0.3, -0.25) is 4.79 Å². The summed E-state index contributed by atoms with van der Waals surface area (Å²) in [6.45, 7) is 8.63. The zero-order valence-corrected chi connectivity index (χ0v) is 19.5. The van der Waals surface area contributed by atoms with Gasteiger partial charge in [0.15, 0.2) is 11.0 Å². The second-order valence-corrected chi connectivity index (χ2v) is 8.13. The Balaban J connectivity index is 1.68. The largest absolute Gasteiger partial charge is 0.416 e. The summed E-state index contributed by atoms with van der Waals surface area (Å²) in [7, 11) is 0. The molecule has 1 amide bonds. The SMILES string of the molecule is CCN(CC)c1ccc(-c2nnc(SCC(=O)Nc3cccc(C(F)(F)F)c3)n2CC)cc1. The van der Waals surface area contributed by atoms with Crippen LogP contribution < -0.4 is 10.2 Å². The van der Waals surface area contributed by atoms with E-state index in [0.717, 1.165) is 36.5 Å². The van der Waals surface area contributed by atoms with Gasteiger partial charge in [-0.25, -0.2) is 0 Å². The van der Waals surface area contributed by atoms with Gasteiger partial charge in [0.05, 0.1) is 11.3 Å². The van der Waals surface area contributed by atoms with Crippen molar-refractivity contribution in [2.75, 3.05) is 29.1 Å². The highest BCUT2D eigenvalue weighted by molar-refractivity contribution is 7.99. The Bertz CT molecular complexity index is 1080. The van der Waals surface area contributed by atoms with Gasteiger partial charge in [-0.05, 0) is 63.2 Å². The van der Waals surface area contributed by atoms with Crippen LogP contribution in [-0.4, -0.2) is 39.5 Å². The molecule has 3 rings (SSSR count). The lowest BCUT2D eigenvalue weighted by atomic mass is 10.2. The molecule has 0 aliphatic carbocycles. The molecular formula is C23H26F3N5OS. The maximum atomic E-state index is 12.9. The summed E-state index contributed by atoms with van der Waals surface area (Å²) in [5.74, 6) is 0.273. The quantitative estimate of drug-likeness (QED) is 0.409. The van der Waals surface area contributed by atoms with E-state index in [1.165, 1.54) is 23.9 Å². The second-order valence-electron chi connectivity index (χ2n) is 7.19. The Morgan fingerprint density at radius 1 is 1.06 bits per heavy atom. The number of aromatic nitrogens is 3. The average Bonchev–Trinajstić information content (AvgIpc) is 3.21. The van der Waals surface area contributed by atoms with Crippen molar-refractivity contribution in [2.45, 2.75) is 38.6 Å². The third-order valence-electron chi connectivity index (χ3n) is 5.09. The molecule has 0 aliphatic rings. The van der Waals surface area contributed by atoms with Crippen molar-refractivity contribution >= 4 is 29.0 Å². The van der Waals surface area contributed by atoms with Crippen molar-refractivity contribution in [3.63, 3.8) is 0 Å². The van der Waals surface area contributed by atoms with Gasteiger partial charge in [0.1, 0.15) is 0 Å². The first-order valence-corrected chi connectivity index (χ1v) is 11.6. The Morgan fingerprint density at radius 2 is 1.76 bits per heavy atom. The van der Waals surface area contributed by atoms with Crippen LogP contribution >= 0.6 is 11.8 Å². The number of carbonyl (C=O) groups excluding carboxylic acids is 1. The van der Waals surface area contributed by atoms with Crippen molar-refractivity contribution in [2.24, 2.45) is 0 Å². The van der Waals surface area contributed by atoms with E-state index in [0.29, 0.717) is 17.5 Å². The fourth-order valence-electron chi connectivity index (χ4n) is 3.40. The van der Waals surface area contributed by atoms with E-state index >= 15 is 0 Å². The molecule has 176 valence electrons. The summed E-state index contributed by atoms with van der Waals surface area (Å²) in [6, 6.07) is 12.7. The van der Waals surface area contributed by atoms with Crippen molar-refractivity contribution in [3.05, 3.63) is 54.1 Å². The highest BCUT2D eigenvalue weighted by Gasteiger charge is 2.30. The van der Waals surface area contributed by atoms with Crippen LogP contribution in [0, 0.1) is 0 Å². The summed E-state index contributed by atoms with van der Waals surface area (Å²) in [4.78, 5) is 14.6. The number of rotatable bonds is 9. The van der Waals surface area contributed by atoms with Gasteiger partial charge >= 0.3 is 6.18 Å². The van der Waals surface area contributed by atoms with Crippen LogP contribution in [0.4, 0.5) is 24.5 Å². The molecule has 1 aromatic heterocycles. The molecule has 0 saturated heterocycles. The molecule has 0 atom stereocenters. The summed E-state index contributed by atoms with van der Waals surface area (Å²) in [6.07, 6.45) is -4.47. The molecule has 0 saturated carbocycles. The fraction of sp³-hybridized carbons (Fsp3) is 0.348. The highest BCUT2D eigenvalue weighted by atomic mass is 32.2. The van der Waals surface area contributed by atoms with Crippen molar-refractivity contribution < 1.29 is 18.0 Å². The van der Waals surface area contributed by atoms with Crippen LogP contribution in [0.5, 0.6) is 0 Å². The predicted molar refractivity (Wildman–Crippen MR) is 125 cm³/mol. The number of thioether (sulfide) groups is 1. The highest BCUT2D eigenvalue weighted by Crippen LogP contribution is 2.31. The van der Waals surface area contributed by atoms with E-state index in [1.807, 2.05) is 35.8 Å². The maximum absolute atomic E-state index is 12.9. The molecule has 0 spiro atoms. The third-order valence-corrected chi connectivity index (χ3v) is 6.06. The minimum absolute atomic E-state index is 0.00469. The molecule has 0 aliphatic heterocycles. The zero-order valence-electron chi connectivity index (χ0n) is 18.7. The van der Waals surface area contributed by atoms with Gasteiger partial charge in [0.2, 0.25) is 5.91 Å². The minimum atomic E-state index is -4.47. The van der Waals surface area contributed by atoms with E-state index in [2.05, 4.69) is 34.3 Å². The Labute approximate surface area is 195 Å². The standard InChI is InChI=1S/C23H26F3N5OS/c1-4-30(5-2)19-12-10-16(11-13-19)21-28-29-22(31(21)6-3)33-15-20(32)27-18-9-7-8-17(14-18)23(24,25)26/h7-14H,4-6,15H2,1-3H3,(H,27,32). The van der Waals surface area contributed by atoms with Crippen molar-refractivity contribution in [1.82, 2.24) is 14.8 Å². The van der Waals surface area contributed by atoms with Crippen LogP contribution in [0.3, 0.4) is 0 Å². The molecule has 33 heavy (non-hydrogen) atoms. The summed E-state index contributed by atoms with van der Waals surface area (Å²) in [5, 5.41) is 11.6. The summed E-state index contributed by atoms with van der Waals surface area (Å²) >= 11 is 1.19. The Morgan fingerprint density at radius 3 is 2.36 bits per heavy atom. The van der Waals surface area contributed by atoms with E-state index in [4.69, 9.17) is 0 Å². The van der Waals surface area contributed by atoms with Crippen LogP contribution in [0.15, 0.2) is 53.7 Å². The average molecular weight is 478 g/mol. The number of halogens is 3. The van der Waals surface area contributed by atoms with Crippen LogP contribution in [0.25, 0.3) is 11.4 Å². The number of hydrogen-bond donors (Lipinski definition) is 1. The van der Waals surface area contributed by atoms with Gasteiger partial charge in [-0.2, -0.15) is 13.2 Å². The number of carbonyl (C=O) groups is 1. The zero-order chi connectivity index (χ0) is 24.0. The molecule has 0 radical (unpaired) electrons. The smallest absolute Gasteiger partial charge is 0.372 e. The summed E-state index contributed by atoms with van der Waals surface area (Å²) < 4.78 is 40.5. The second kappa shape index (κ2) is 10.7. The molecule has 3 aromatic rings. The molecule has 0 bridgehead atoms. The molecule has 0 fully saturated rings. The summed E-state index contributed by atoms with van der Waals surface area (Å²) in [5.41, 5.74) is 1.34. The number of nitrogens with one attached hydrogen (secondary N) is 1. The normalized spacial score (nSPS) is 11.5. The topological polar surface area (TPSA) is 63.1 Å². The van der Waals surface area contributed by atoms with Crippen LogP contribution in [0.2, 0.25) is 0 Å². The van der Waals surface area contributed by atoms with Gasteiger partial charge < -0.3 is 14.8 Å². The van der Waals surface area contributed by atoms with E-state index in [1.54, 1.807) is 0 Å². The van der Waals surface area contributed by atoms with E-state index in [9.17, 15) is 18.0 Å². The molecule has 6 nitrogen and oxygen atoms in total. The number of alkyl halides is 3. The lowest BCUT2D eigenvalue weighted by Crippen LogP contribution is -2.21. The van der Waals surface area contributed by atoms with Crippen LogP contribution in [0.1, 0.15) is 26.3 Å². The Hall–Kier alpha value is -3.01. The molecule has 0 unspecified atom stereocenters. The number of amides is 1. The van der Waals surface area contributed by atoms with Gasteiger partial charge in [-0.1, -0.05) is 17.8 Å².